The van der Waals surface area contributed by atoms with Crippen LogP contribution < -0.4 is 5.32 Å². The van der Waals surface area contributed by atoms with Crippen LogP contribution in [0.15, 0.2) is 24.3 Å². The lowest BCUT2D eigenvalue weighted by Crippen LogP contribution is -2.46. The second kappa shape index (κ2) is 7.83. The third kappa shape index (κ3) is 5.95. The van der Waals surface area contributed by atoms with Crippen LogP contribution in [0.5, 0.6) is 0 Å². The van der Waals surface area contributed by atoms with Gasteiger partial charge in [-0.3, -0.25) is 0 Å². The molecular weight excluding hydrogens is 403 g/mol. The molecule has 1 saturated heterocycles. The fourth-order valence-corrected chi connectivity index (χ4v) is 3.12. The van der Waals surface area contributed by atoms with E-state index in [4.69, 9.17) is 4.74 Å². The number of hydrogen-bond donors (Lipinski definition) is 1. The summed E-state index contributed by atoms with van der Waals surface area (Å²) in [6, 6.07) is 9.40. The molecule has 1 unspecified atom stereocenters. The molecule has 0 aromatic heterocycles. The zero-order valence-electron chi connectivity index (χ0n) is 14.4. The standard InChI is InChI=1S/C18H27IN2O2/c1-13(14-5-7-15(19)8-6-14)20-16-9-11-21(12-10-16)17(22)23-18(2,3)4/h5-8,13,16,20H,9-12H2,1-4H3. The maximum atomic E-state index is 12.1. The van der Waals surface area contributed by atoms with Crippen molar-refractivity contribution in [2.75, 3.05) is 13.1 Å². The van der Waals surface area contributed by atoms with E-state index < -0.39 is 5.60 Å². The van der Waals surface area contributed by atoms with Crippen LogP contribution in [0.4, 0.5) is 4.79 Å². The molecule has 4 nitrogen and oxygen atoms in total. The molecule has 1 aliphatic heterocycles. The third-order valence-electron chi connectivity index (χ3n) is 4.00. The van der Waals surface area contributed by atoms with Gasteiger partial charge in [0.2, 0.25) is 0 Å². The molecule has 23 heavy (non-hydrogen) atoms. The lowest BCUT2D eigenvalue weighted by Gasteiger charge is -2.35. The zero-order valence-corrected chi connectivity index (χ0v) is 16.6. The van der Waals surface area contributed by atoms with Crippen molar-refractivity contribution < 1.29 is 9.53 Å². The zero-order chi connectivity index (χ0) is 17.0. The topological polar surface area (TPSA) is 41.6 Å². The molecule has 0 bridgehead atoms. The molecule has 0 spiro atoms. The number of ether oxygens (including phenoxy) is 1. The average Bonchev–Trinajstić information content (AvgIpc) is 2.46. The summed E-state index contributed by atoms with van der Waals surface area (Å²) in [4.78, 5) is 13.9. The van der Waals surface area contributed by atoms with Crippen molar-refractivity contribution in [2.24, 2.45) is 0 Å². The van der Waals surface area contributed by atoms with Crippen molar-refractivity contribution in [3.63, 3.8) is 0 Å². The number of rotatable bonds is 3. The van der Waals surface area contributed by atoms with Gasteiger partial charge in [-0.05, 0) is 80.8 Å². The van der Waals surface area contributed by atoms with Crippen LogP contribution in [0.1, 0.15) is 52.1 Å². The highest BCUT2D eigenvalue weighted by Gasteiger charge is 2.27. The number of halogens is 1. The molecule has 1 aromatic carbocycles. The maximum absolute atomic E-state index is 12.1. The van der Waals surface area contributed by atoms with Crippen LogP contribution in [0.2, 0.25) is 0 Å². The molecule has 5 heteroatoms. The number of nitrogens with one attached hydrogen (secondary N) is 1. The van der Waals surface area contributed by atoms with E-state index in [1.54, 1.807) is 0 Å². The van der Waals surface area contributed by atoms with Gasteiger partial charge in [0.05, 0.1) is 0 Å². The molecule has 1 amide bonds. The number of carbonyl (C=O) groups is 1. The average molecular weight is 430 g/mol. The molecular formula is C18H27IN2O2. The third-order valence-corrected chi connectivity index (χ3v) is 4.72. The SMILES string of the molecule is CC(NC1CCN(C(=O)OC(C)(C)C)CC1)c1ccc(I)cc1. The first kappa shape index (κ1) is 18.5. The Hall–Kier alpha value is -0.820. The maximum Gasteiger partial charge on any atom is 0.410 e. The first-order chi connectivity index (χ1) is 10.7. The number of carbonyl (C=O) groups excluding carboxylic acids is 1. The van der Waals surface area contributed by atoms with Gasteiger partial charge in [0.1, 0.15) is 5.60 Å². The normalized spacial score (nSPS) is 17.9. The molecule has 1 fully saturated rings. The van der Waals surface area contributed by atoms with Gasteiger partial charge in [0, 0.05) is 28.7 Å². The monoisotopic (exact) mass is 430 g/mol. The van der Waals surface area contributed by atoms with Gasteiger partial charge in [-0.1, -0.05) is 12.1 Å². The molecule has 1 aromatic rings. The fourth-order valence-electron chi connectivity index (χ4n) is 2.76. The van der Waals surface area contributed by atoms with E-state index in [1.165, 1.54) is 9.13 Å². The highest BCUT2D eigenvalue weighted by molar-refractivity contribution is 14.1. The first-order valence-corrected chi connectivity index (χ1v) is 9.32. The molecule has 2 rings (SSSR count). The summed E-state index contributed by atoms with van der Waals surface area (Å²) in [5.74, 6) is 0. The van der Waals surface area contributed by atoms with Crippen molar-refractivity contribution in [1.29, 1.82) is 0 Å². The number of likely N-dealkylation sites (tertiary alicyclic amines) is 1. The van der Waals surface area contributed by atoms with Gasteiger partial charge in [-0.2, -0.15) is 0 Å². The Morgan fingerprint density at radius 1 is 1.26 bits per heavy atom. The van der Waals surface area contributed by atoms with Crippen LogP contribution >= 0.6 is 22.6 Å². The van der Waals surface area contributed by atoms with E-state index in [9.17, 15) is 4.79 Å². The lowest BCUT2D eigenvalue weighted by atomic mass is 10.0. The van der Waals surface area contributed by atoms with Gasteiger partial charge in [0.15, 0.2) is 0 Å². The van der Waals surface area contributed by atoms with Crippen molar-refractivity contribution in [1.82, 2.24) is 10.2 Å². The highest BCUT2D eigenvalue weighted by atomic mass is 127. The molecule has 1 atom stereocenters. The summed E-state index contributed by atoms with van der Waals surface area (Å²) in [5.41, 5.74) is 0.880. The van der Waals surface area contributed by atoms with E-state index in [0.717, 1.165) is 25.9 Å². The molecule has 0 radical (unpaired) electrons. The Morgan fingerprint density at radius 3 is 2.35 bits per heavy atom. The smallest absolute Gasteiger partial charge is 0.410 e. The summed E-state index contributed by atoms with van der Waals surface area (Å²) < 4.78 is 6.69. The predicted octanol–water partition coefficient (Wildman–Crippen LogP) is 4.34. The molecule has 1 heterocycles. The number of hydrogen-bond acceptors (Lipinski definition) is 3. The van der Waals surface area contributed by atoms with Crippen LogP contribution in [0, 0.1) is 3.57 Å². The van der Waals surface area contributed by atoms with Crippen LogP contribution in [-0.4, -0.2) is 35.7 Å². The molecule has 1 N–H and O–H groups in total. The Morgan fingerprint density at radius 2 is 1.83 bits per heavy atom. The van der Waals surface area contributed by atoms with Gasteiger partial charge >= 0.3 is 6.09 Å². The first-order valence-electron chi connectivity index (χ1n) is 8.24. The highest BCUT2D eigenvalue weighted by Crippen LogP contribution is 2.20. The second-order valence-corrected chi connectivity index (χ2v) is 8.43. The Labute approximate surface area is 153 Å². The quantitative estimate of drug-likeness (QED) is 0.726. The summed E-state index contributed by atoms with van der Waals surface area (Å²) >= 11 is 2.32. The fraction of sp³-hybridized carbons (Fsp3) is 0.611. The lowest BCUT2D eigenvalue weighted by molar-refractivity contribution is 0.0196. The molecule has 0 aliphatic carbocycles. The van der Waals surface area contributed by atoms with E-state index in [-0.39, 0.29) is 6.09 Å². The Balaban J connectivity index is 1.80. The van der Waals surface area contributed by atoms with Crippen molar-refractivity contribution in [3.05, 3.63) is 33.4 Å². The predicted molar refractivity (Wildman–Crippen MR) is 102 cm³/mol. The van der Waals surface area contributed by atoms with Gasteiger partial charge in [-0.25, -0.2) is 4.79 Å². The van der Waals surface area contributed by atoms with Crippen LogP contribution in [0.3, 0.4) is 0 Å². The molecule has 0 saturated carbocycles. The van der Waals surface area contributed by atoms with E-state index in [0.29, 0.717) is 12.1 Å². The van der Waals surface area contributed by atoms with Crippen molar-refractivity contribution in [3.8, 4) is 0 Å². The van der Waals surface area contributed by atoms with Crippen LogP contribution in [-0.2, 0) is 4.74 Å². The van der Waals surface area contributed by atoms with E-state index >= 15 is 0 Å². The minimum atomic E-state index is -0.425. The van der Waals surface area contributed by atoms with Crippen molar-refractivity contribution in [2.45, 2.75) is 58.2 Å². The summed E-state index contributed by atoms with van der Waals surface area (Å²) in [6.45, 7) is 9.42. The Kier molecular flexibility index (Phi) is 6.31. The number of benzene rings is 1. The van der Waals surface area contributed by atoms with Gasteiger partial charge < -0.3 is 15.0 Å². The second-order valence-electron chi connectivity index (χ2n) is 7.18. The number of amides is 1. The van der Waals surface area contributed by atoms with Crippen LogP contribution in [0.25, 0.3) is 0 Å². The summed E-state index contributed by atoms with van der Waals surface area (Å²) in [6.07, 6.45) is 1.74. The van der Waals surface area contributed by atoms with E-state index in [2.05, 4.69) is 59.1 Å². The number of nitrogens with zero attached hydrogens (tertiary/aromatic N) is 1. The van der Waals surface area contributed by atoms with E-state index in [1.807, 2.05) is 25.7 Å². The van der Waals surface area contributed by atoms with Gasteiger partial charge in [0.25, 0.3) is 0 Å². The minimum absolute atomic E-state index is 0.193. The Bertz CT molecular complexity index is 517. The van der Waals surface area contributed by atoms with Gasteiger partial charge in [-0.15, -0.1) is 0 Å². The molecule has 128 valence electrons. The summed E-state index contributed by atoms with van der Waals surface area (Å²) in [5, 5.41) is 3.68. The number of piperidine rings is 1. The molecule has 1 aliphatic rings. The largest absolute Gasteiger partial charge is 0.444 e. The van der Waals surface area contributed by atoms with Crippen molar-refractivity contribution >= 4 is 28.7 Å². The summed E-state index contributed by atoms with van der Waals surface area (Å²) in [7, 11) is 0. The minimum Gasteiger partial charge on any atom is -0.444 e.